The van der Waals surface area contributed by atoms with Gasteiger partial charge in [0, 0.05) is 36.1 Å². The van der Waals surface area contributed by atoms with E-state index in [0.717, 1.165) is 22.4 Å². The predicted octanol–water partition coefficient (Wildman–Crippen LogP) is 5.03. The molecule has 0 saturated heterocycles. The Bertz CT molecular complexity index is 1460. The van der Waals surface area contributed by atoms with Crippen LogP contribution in [-0.4, -0.2) is 31.5 Å². The highest BCUT2D eigenvalue weighted by molar-refractivity contribution is 5.76. The smallest absolute Gasteiger partial charge is 0.165 e. The third-order valence-electron chi connectivity index (χ3n) is 5.74. The van der Waals surface area contributed by atoms with Gasteiger partial charge in [-0.3, -0.25) is 4.68 Å². The molecule has 5 aromatic rings. The molecule has 0 bridgehead atoms. The molecule has 0 aliphatic rings. The summed E-state index contributed by atoms with van der Waals surface area (Å²) in [6.45, 7) is 2.29. The van der Waals surface area contributed by atoms with Gasteiger partial charge < -0.3 is 14.8 Å². The lowest BCUT2D eigenvalue weighted by Gasteiger charge is -2.19. The number of aromatic nitrogens is 5. The van der Waals surface area contributed by atoms with Crippen molar-refractivity contribution in [3.63, 3.8) is 0 Å². The highest BCUT2D eigenvalue weighted by Gasteiger charge is 2.16. The number of ether oxygens (including phenoxy) is 2. The normalized spacial score (nSPS) is 12.0. The van der Waals surface area contributed by atoms with E-state index in [-0.39, 0.29) is 11.9 Å². The average Bonchev–Trinajstić information content (AvgIpc) is 3.49. The van der Waals surface area contributed by atoms with E-state index >= 15 is 0 Å². The highest BCUT2D eigenvalue weighted by Crippen LogP contribution is 2.30. The summed E-state index contributed by atoms with van der Waals surface area (Å²) in [6.07, 6.45) is 7.30. The topological polar surface area (TPSA) is 78.5 Å². The largest absolute Gasteiger partial charge is 0.497 e. The lowest BCUT2D eigenvalue weighted by molar-refractivity contribution is 0.301. The minimum absolute atomic E-state index is 0.267. The van der Waals surface area contributed by atoms with Gasteiger partial charge in [0.15, 0.2) is 5.65 Å². The quantitative estimate of drug-likeness (QED) is 0.341. The van der Waals surface area contributed by atoms with E-state index in [2.05, 4.69) is 15.5 Å². The minimum atomic E-state index is -0.330. The second-order valence-corrected chi connectivity index (χ2v) is 8.23. The van der Waals surface area contributed by atoms with E-state index in [1.54, 1.807) is 34.8 Å². The van der Waals surface area contributed by atoms with Crippen molar-refractivity contribution in [3.8, 4) is 22.6 Å². The maximum absolute atomic E-state index is 14.2. The standard InChI is InChI=1S/C26H25FN6O2/c1-17(22-12-20(27)6-9-24(22)35-16-18-4-7-21(34-3)8-5-18)30-25-10-11-33-26(31-25)23(14-29-33)19-13-28-32(2)15-19/h4-15,17H,16H2,1-3H3,(H,30,31). The van der Waals surface area contributed by atoms with Gasteiger partial charge in [-0.05, 0) is 48.9 Å². The lowest BCUT2D eigenvalue weighted by Crippen LogP contribution is -2.11. The van der Waals surface area contributed by atoms with Crippen LogP contribution < -0.4 is 14.8 Å². The summed E-state index contributed by atoms with van der Waals surface area (Å²) < 4.78 is 28.9. The van der Waals surface area contributed by atoms with Gasteiger partial charge in [0.25, 0.3) is 0 Å². The lowest BCUT2D eigenvalue weighted by atomic mass is 10.1. The van der Waals surface area contributed by atoms with Crippen LogP contribution in [0.2, 0.25) is 0 Å². The second kappa shape index (κ2) is 9.46. The van der Waals surface area contributed by atoms with Gasteiger partial charge >= 0.3 is 0 Å². The maximum atomic E-state index is 14.2. The van der Waals surface area contributed by atoms with Crippen LogP contribution in [-0.2, 0) is 13.7 Å². The minimum Gasteiger partial charge on any atom is -0.497 e. The molecule has 0 aliphatic carbocycles. The first-order valence-electron chi connectivity index (χ1n) is 11.2. The first-order valence-corrected chi connectivity index (χ1v) is 11.2. The van der Waals surface area contributed by atoms with Crippen LogP contribution in [0.5, 0.6) is 11.5 Å². The molecule has 0 aliphatic heterocycles. The molecular weight excluding hydrogens is 447 g/mol. The third-order valence-corrected chi connectivity index (χ3v) is 5.74. The van der Waals surface area contributed by atoms with Gasteiger partial charge in [0.1, 0.15) is 29.7 Å². The van der Waals surface area contributed by atoms with Crippen LogP contribution in [0.4, 0.5) is 10.2 Å². The zero-order valence-electron chi connectivity index (χ0n) is 19.6. The summed E-state index contributed by atoms with van der Waals surface area (Å²) in [4.78, 5) is 4.75. The molecule has 0 radical (unpaired) electrons. The molecule has 2 aromatic carbocycles. The number of aryl methyl sites for hydroxylation is 1. The zero-order chi connectivity index (χ0) is 24.4. The van der Waals surface area contributed by atoms with Crippen LogP contribution >= 0.6 is 0 Å². The average molecular weight is 473 g/mol. The van der Waals surface area contributed by atoms with Crippen LogP contribution in [0.3, 0.4) is 0 Å². The Morgan fingerprint density at radius 3 is 2.63 bits per heavy atom. The summed E-state index contributed by atoms with van der Waals surface area (Å²) in [5.74, 6) is 1.69. The summed E-state index contributed by atoms with van der Waals surface area (Å²) in [5.41, 5.74) is 4.19. The Morgan fingerprint density at radius 1 is 1.06 bits per heavy atom. The van der Waals surface area contributed by atoms with Gasteiger partial charge in [-0.25, -0.2) is 13.9 Å². The number of nitrogens with zero attached hydrogens (tertiary/aromatic N) is 5. The Labute approximate surface area is 202 Å². The van der Waals surface area contributed by atoms with Gasteiger partial charge in [0.2, 0.25) is 0 Å². The summed E-state index contributed by atoms with van der Waals surface area (Å²) in [7, 11) is 3.49. The van der Waals surface area contributed by atoms with E-state index < -0.39 is 0 Å². The molecule has 8 nitrogen and oxygen atoms in total. The number of methoxy groups -OCH3 is 1. The van der Waals surface area contributed by atoms with Gasteiger partial charge in [-0.2, -0.15) is 10.2 Å². The molecule has 0 spiro atoms. The number of rotatable bonds is 8. The summed E-state index contributed by atoms with van der Waals surface area (Å²) >= 11 is 0. The molecule has 0 saturated carbocycles. The van der Waals surface area contributed by atoms with E-state index in [4.69, 9.17) is 14.5 Å². The molecule has 3 heterocycles. The highest BCUT2D eigenvalue weighted by atomic mass is 19.1. The number of anilines is 1. The number of nitrogens with one attached hydrogen (secondary N) is 1. The van der Waals surface area contributed by atoms with Crippen molar-refractivity contribution >= 4 is 11.5 Å². The number of fused-ring (bicyclic) bond motifs is 1. The Hall–Kier alpha value is -4.40. The molecular formula is C26H25FN6O2. The van der Waals surface area contributed by atoms with Crippen LogP contribution in [0.1, 0.15) is 24.1 Å². The van der Waals surface area contributed by atoms with Gasteiger partial charge in [-0.1, -0.05) is 12.1 Å². The maximum Gasteiger partial charge on any atom is 0.165 e. The SMILES string of the molecule is COc1ccc(COc2ccc(F)cc2C(C)Nc2ccn3ncc(-c4cnn(C)c4)c3n2)cc1. The fourth-order valence-electron chi connectivity index (χ4n) is 3.88. The van der Waals surface area contributed by atoms with Gasteiger partial charge in [-0.15, -0.1) is 0 Å². The number of hydrogen-bond donors (Lipinski definition) is 1. The van der Waals surface area contributed by atoms with Crippen molar-refractivity contribution in [2.24, 2.45) is 7.05 Å². The van der Waals surface area contributed by atoms with Crippen molar-refractivity contribution < 1.29 is 13.9 Å². The molecule has 9 heteroatoms. The van der Waals surface area contributed by atoms with Crippen molar-refractivity contribution in [1.82, 2.24) is 24.4 Å². The van der Waals surface area contributed by atoms with Crippen molar-refractivity contribution in [3.05, 3.63) is 90.3 Å². The van der Waals surface area contributed by atoms with E-state index in [1.165, 1.54) is 12.1 Å². The Kier molecular flexibility index (Phi) is 6.05. The first-order chi connectivity index (χ1) is 17.0. The van der Waals surface area contributed by atoms with Gasteiger partial charge in [0.05, 0.1) is 25.5 Å². The molecule has 1 unspecified atom stereocenters. The Balaban J connectivity index is 1.37. The zero-order valence-corrected chi connectivity index (χ0v) is 19.6. The number of halogens is 1. The third kappa shape index (κ3) is 4.79. The second-order valence-electron chi connectivity index (χ2n) is 8.23. The molecule has 1 atom stereocenters. The molecule has 1 N–H and O–H groups in total. The summed E-state index contributed by atoms with van der Waals surface area (Å²) in [5, 5.41) is 12.0. The first kappa shape index (κ1) is 22.4. The number of benzene rings is 2. The summed E-state index contributed by atoms with van der Waals surface area (Å²) in [6, 6.07) is 13.7. The van der Waals surface area contributed by atoms with Crippen LogP contribution in [0.15, 0.2) is 73.3 Å². The molecule has 178 valence electrons. The molecule has 35 heavy (non-hydrogen) atoms. The van der Waals surface area contributed by atoms with Crippen molar-refractivity contribution in [1.29, 1.82) is 0 Å². The molecule has 0 amide bonds. The fourth-order valence-corrected chi connectivity index (χ4v) is 3.88. The monoisotopic (exact) mass is 472 g/mol. The molecule has 3 aromatic heterocycles. The fraction of sp³-hybridized carbons (Fsp3) is 0.192. The van der Waals surface area contributed by atoms with E-state index in [9.17, 15) is 4.39 Å². The van der Waals surface area contributed by atoms with E-state index in [0.29, 0.717) is 29.4 Å². The van der Waals surface area contributed by atoms with Crippen LogP contribution in [0, 0.1) is 5.82 Å². The molecule has 0 fully saturated rings. The predicted molar refractivity (Wildman–Crippen MR) is 131 cm³/mol. The molecule has 5 rings (SSSR count). The van der Waals surface area contributed by atoms with Crippen LogP contribution in [0.25, 0.3) is 16.8 Å². The van der Waals surface area contributed by atoms with E-state index in [1.807, 2.05) is 56.7 Å². The Morgan fingerprint density at radius 2 is 1.89 bits per heavy atom. The van der Waals surface area contributed by atoms with Crippen molar-refractivity contribution in [2.75, 3.05) is 12.4 Å². The van der Waals surface area contributed by atoms with Crippen molar-refractivity contribution in [2.45, 2.75) is 19.6 Å². The number of hydrogen-bond acceptors (Lipinski definition) is 6.